The Labute approximate surface area is 144 Å². The lowest BCUT2D eigenvalue weighted by atomic mass is 10.1. The van der Waals surface area contributed by atoms with E-state index in [4.69, 9.17) is 5.26 Å². The Bertz CT molecular complexity index is 774. The molecule has 0 aliphatic carbocycles. The van der Waals surface area contributed by atoms with Crippen LogP contribution in [0.1, 0.15) is 16.7 Å². The van der Waals surface area contributed by atoms with E-state index in [2.05, 4.69) is 16.0 Å². The van der Waals surface area contributed by atoms with Crippen LogP contribution in [0.3, 0.4) is 0 Å². The molecular formula is C18H17F3N4. The van der Waals surface area contributed by atoms with Crippen molar-refractivity contribution < 1.29 is 13.2 Å². The summed E-state index contributed by atoms with van der Waals surface area (Å²) >= 11 is 0. The summed E-state index contributed by atoms with van der Waals surface area (Å²) < 4.78 is 38.4. The first-order chi connectivity index (χ1) is 12.0. The molecule has 0 radical (unpaired) electrons. The highest BCUT2D eigenvalue weighted by atomic mass is 19.4. The number of hydrogen-bond acceptors (Lipinski definition) is 4. The average Bonchev–Trinajstić information content (AvgIpc) is 2.62. The van der Waals surface area contributed by atoms with Gasteiger partial charge in [-0.25, -0.2) is 4.98 Å². The normalized spacial score (nSPS) is 15.8. The lowest BCUT2D eigenvalue weighted by Crippen LogP contribution is -2.46. The van der Waals surface area contributed by atoms with Crippen LogP contribution in [0.2, 0.25) is 0 Å². The Morgan fingerprint density at radius 1 is 1.08 bits per heavy atom. The number of alkyl halides is 3. The molecule has 0 unspecified atom stereocenters. The molecule has 3 rings (SSSR count). The summed E-state index contributed by atoms with van der Waals surface area (Å²) in [6.45, 7) is 3.26. The second-order valence-corrected chi connectivity index (χ2v) is 5.95. The SMILES string of the molecule is N#Cc1cccnc1N1CCN(Cc2cccc(C(F)(F)F)c2)CC1. The Morgan fingerprint density at radius 3 is 2.52 bits per heavy atom. The minimum absolute atomic E-state index is 0.477. The molecule has 2 aromatic rings. The first-order valence-corrected chi connectivity index (χ1v) is 7.96. The van der Waals surface area contributed by atoms with Crippen molar-refractivity contribution in [1.82, 2.24) is 9.88 Å². The van der Waals surface area contributed by atoms with E-state index >= 15 is 0 Å². The highest BCUT2D eigenvalue weighted by Crippen LogP contribution is 2.30. The van der Waals surface area contributed by atoms with Crippen molar-refractivity contribution in [2.75, 3.05) is 31.1 Å². The molecule has 1 aromatic carbocycles. The number of anilines is 1. The summed E-state index contributed by atoms with van der Waals surface area (Å²) in [6, 6.07) is 11.1. The van der Waals surface area contributed by atoms with Gasteiger partial charge >= 0.3 is 6.18 Å². The van der Waals surface area contributed by atoms with Crippen LogP contribution in [0.25, 0.3) is 0 Å². The van der Waals surface area contributed by atoms with Crippen molar-refractivity contribution in [3.05, 3.63) is 59.3 Å². The number of hydrogen-bond donors (Lipinski definition) is 0. The van der Waals surface area contributed by atoms with Gasteiger partial charge in [-0.05, 0) is 23.8 Å². The third-order valence-electron chi connectivity index (χ3n) is 4.24. The Morgan fingerprint density at radius 2 is 1.84 bits per heavy atom. The second-order valence-electron chi connectivity index (χ2n) is 5.95. The molecule has 4 nitrogen and oxygen atoms in total. The number of benzene rings is 1. The third kappa shape index (κ3) is 4.09. The maximum atomic E-state index is 12.8. The molecule has 25 heavy (non-hydrogen) atoms. The van der Waals surface area contributed by atoms with Crippen LogP contribution in [-0.4, -0.2) is 36.1 Å². The van der Waals surface area contributed by atoms with Crippen molar-refractivity contribution in [2.45, 2.75) is 12.7 Å². The number of halogens is 3. The molecule has 1 aliphatic rings. The van der Waals surface area contributed by atoms with E-state index in [1.807, 2.05) is 4.90 Å². The topological polar surface area (TPSA) is 43.2 Å². The fraction of sp³-hybridized carbons (Fsp3) is 0.333. The Kier molecular flexibility index (Phi) is 4.91. The summed E-state index contributed by atoms with van der Waals surface area (Å²) in [7, 11) is 0. The molecule has 2 heterocycles. The maximum absolute atomic E-state index is 12.8. The average molecular weight is 346 g/mol. The van der Waals surface area contributed by atoms with Crippen molar-refractivity contribution in [3.8, 4) is 6.07 Å². The molecule has 0 amide bonds. The van der Waals surface area contributed by atoms with Gasteiger partial charge in [0, 0.05) is 38.9 Å². The lowest BCUT2D eigenvalue weighted by molar-refractivity contribution is -0.137. The van der Waals surface area contributed by atoms with E-state index in [9.17, 15) is 13.2 Å². The zero-order chi connectivity index (χ0) is 17.9. The molecule has 7 heteroatoms. The maximum Gasteiger partial charge on any atom is 0.416 e. The third-order valence-corrected chi connectivity index (χ3v) is 4.24. The molecule has 0 bridgehead atoms. The highest BCUT2D eigenvalue weighted by Gasteiger charge is 2.30. The van der Waals surface area contributed by atoms with E-state index in [0.717, 1.165) is 6.07 Å². The molecule has 0 saturated carbocycles. The molecular weight excluding hydrogens is 329 g/mol. The number of nitriles is 1. The predicted molar refractivity (Wildman–Crippen MR) is 87.9 cm³/mol. The zero-order valence-corrected chi connectivity index (χ0v) is 13.5. The summed E-state index contributed by atoms with van der Waals surface area (Å²) in [5.74, 6) is 0.670. The molecule has 0 spiro atoms. The fourth-order valence-corrected chi connectivity index (χ4v) is 2.96. The molecule has 130 valence electrons. The Balaban J connectivity index is 1.63. The molecule has 1 aliphatic heterocycles. The lowest BCUT2D eigenvalue weighted by Gasteiger charge is -2.35. The van der Waals surface area contributed by atoms with Crippen LogP contribution in [-0.2, 0) is 12.7 Å². The van der Waals surface area contributed by atoms with Gasteiger partial charge in [0.1, 0.15) is 11.9 Å². The predicted octanol–water partition coefficient (Wildman–Crippen LogP) is 3.29. The highest BCUT2D eigenvalue weighted by molar-refractivity contribution is 5.53. The summed E-state index contributed by atoms with van der Waals surface area (Å²) in [6.07, 6.45) is -2.66. The zero-order valence-electron chi connectivity index (χ0n) is 13.5. The minimum Gasteiger partial charge on any atom is -0.353 e. The van der Waals surface area contributed by atoms with E-state index < -0.39 is 11.7 Å². The standard InChI is InChI=1S/C18H17F3N4/c19-18(20,21)16-5-1-3-14(11-16)13-24-7-9-25(10-8-24)17-15(12-22)4-2-6-23-17/h1-6,11H,7-10,13H2. The van der Waals surface area contributed by atoms with E-state index in [0.29, 0.717) is 49.7 Å². The second kappa shape index (κ2) is 7.11. The van der Waals surface area contributed by atoms with Gasteiger partial charge in [0.05, 0.1) is 11.1 Å². The molecule has 0 atom stereocenters. The van der Waals surface area contributed by atoms with Gasteiger partial charge in [-0.3, -0.25) is 4.90 Å². The van der Waals surface area contributed by atoms with Gasteiger partial charge in [0.15, 0.2) is 0 Å². The van der Waals surface area contributed by atoms with Crippen molar-refractivity contribution in [1.29, 1.82) is 5.26 Å². The number of piperazine rings is 1. The van der Waals surface area contributed by atoms with Crippen LogP contribution in [0.15, 0.2) is 42.6 Å². The van der Waals surface area contributed by atoms with Gasteiger partial charge in [0.2, 0.25) is 0 Å². The van der Waals surface area contributed by atoms with Crippen molar-refractivity contribution in [2.24, 2.45) is 0 Å². The number of aromatic nitrogens is 1. The smallest absolute Gasteiger partial charge is 0.353 e. The van der Waals surface area contributed by atoms with Gasteiger partial charge < -0.3 is 4.90 Å². The van der Waals surface area contributed by atoms with Crippen molar-refractivity contribution >= 4 is 5.82 Å². The van der Waals surface area contributed by atoms with E-state index in [1.165, 1.54) is 12.1 Å². The van der Waals surface area contributed by atoms with Crippen LogP contribution in [0.4, 0.5) is 19.0 Å². The van der Waals surface area contributed by atoms with Gasteiger partial charge in [-0.1, -0.05) is 18.2 Å². The quantitative estimate of drug-likeness (QED) is 0.855. The van der Waals surface area contributed by atoms with E-state index in [-0.39, 0.29) is 0 Å². The van der Waals surface area contributed by atoms with Crippen LogP contribution < -0.4 is 4.90 Å². The van der Waals surface area contributed by atoms with Gasteiger partial charge in [0.25, 0.3) is 0 Å². The van der Waals surface area contributed by atoms with Crippen LogP contribution in [0, 0.1) is 11.3 Å². The monoisotopic (exact) mass is 346 g/mol. The number of nitrogens with zero attached hydrogens (tertiary/aromatic N) is 4. The van der Waals surface area contributed by atoms with Crippen LogP contribution >= 0.6 is 0 Å². The number of pyridine rings is 1. The fourth-order valence-electron chi connectivity index (χ4n) is 2.96. The van der Waals surface area contributed by atoms with Gasteiger partial charge in [-0.15, -0.1) is 0 Å². The van der Waals surface area contributed by atoms with Crippen molar-refractivity contribution in [3.63, 3.8) is 0 Å². The minimum atomic E-state index is -4.32. The summed E-state index contributed by atoms with van der Waals surface area (Å²) in [5, 5.41) is 9.17. The first-order valence-electron chi connectivity index (χ1n) is 7.96. The Hall–Kier alpha value is -2.59. The largest absolute Gasteiger partial charge is 0.416 e. The molecule has 1 aromatic heterocycles. The first kappa shape index (κ1) is 17.2. The van der Waals surface area contributed by atoms with E-state index in [1.54, 1.807) is 24.4 Å². The molecule has 1 saturated heterocycles. The summed E-state index contributed by atoms with van der Waals surface area (Å²) in [4.78, 5) is 8.44. The van der Waals surface area contributed by atoms with Crippen LogP contribution in [0.5, 0.6) is 0 Å². The molecule has 0 N–H and O–H groups in total. The number of rotatable bonds is 3. The molecule has 1 fully saturated rings. The summed E-state index contributed by atoms with van der Waals surface area (Å²) in [5.41, 5.74) is 0.573. The van der Waals surface area contributed by atoms with Gasteiger partial charge in [-0.2, -0.15) is 18.4 Å².